The predicted octanol–water partition coefficient (Wildman–Crippen LogP) is 5.75. The lowest BCUT2D eigenvalue weighted by Crippen LogP contribution is -2.24. The standard InChI is InChI=1S/C26H23NO5S/c1-26(2,3)33-15-11-9-14(10-12-15)18-13-19(32-25(30)31-4)22(27)21-20(18)23(28)16-7-5-6-8-17(16)24(21)29/h5-13H,27H2,1-4H3. The second-order valence-electron chi connectivity index (χ2n) is 8.58. The van der Waals surface area contributed by atoms with Crippen molar-refractivity contribution in [1.29, 1.82) is 0 Å². The predicted molar refractivity (Wildman–Crippen MR) is 128 cm³/mol. The van der Waals surface area contributed by atoms with E-state index in [9.17, 15) is 14.4 Å². The molecule has 2 N–H and O–H groups in total. The summed E-state index contributed by atoms with van der Waals surface area (Å²) in [5.74, 6) is -0.738. The first-order valence-corrected chi connectivity index (χ1v) is 11.1. The number of anilines is 1. The highest BCUT2D eigenvalue weighted by Crippen LogP contribution is 2.43. The zero-order valence-corrected chi connectivity index (χ0v) is 19.5. The van der Waals surface area contributed by atoms with E-state index in [1.54, 1.807) is 36.0 Å². The van der Waals surface area contributed by atoms with Gasteiger partial charge in [0, 0.05) is 26.3 Å². The molecule has 3 aromatic carbocycles. The van der Waals surface area contributed by atoms with Crippen LogP contribution < -0.4 is 10.5 Å². The SMILES string of the molecule is COC(=O)Oc1cc(-c2ccc(SC(C)(C)C)cc2)c2c(c1N)C(=O)c1ccccc1C2=O. The van der Waals surface area contributed by atoms with Gasteiger partial charge in [0.05, 0.1) is 18.4 Å². The van der Waals surface area contributed by atoms with Crippen molar-refractivity contribution in [2.75, 3.05) is 12.8 Å². The van der Waals surface area contributed by atoms with E-state index in [1.165, 1.54) is 13.2 Å². The summed E-state index contributed by atoms with van der Waals surface area (Å²) in [6, 6.07) is 15.8. The fourth-order valence-corrected chi connectivity index (χ4v) is 4.77. The molecule has 33 heavy (non-hydrogen) atoms. The minimum Gasteiger partial charge on any atom is -0.437 e. The Morgan fingerprint density at radius 2 is 1.45 bits per heavy atom. The van der Waals surface area contributed by atoms with E-state index in [-0.39, 0.29) is 38.7 Å². The van der Waals surface area contributed by atoms with Gasteiger partial charge in [0.2, 0.25) is 0 Å². The van der Waals surface area contributed by atoms with Crippen LogP contribution in [0.1, 0.15) is 52.6 Å². The Hall–Kier alpha value is -3.58. The summed E-state index contributed by atoms with van der Waals surface area (Å²) in [6.07, 6.45) is -0.973. The van der Waals surface area contributed by atoms with Crippen molar-refractivity contribution < 1.29 is 23.9 Å². The fraction of sp³-hybridized carbons (Fsp3) is 0.192. The van der Waals surface area contributed by atoms with Crippen molar-refractivity contribution in [3.63, 3.8) is 0 Å². The van der Waals surface area contributed by atoms with E-state index in [1.807, 2.05) is 24.3 Å². The third-order valence-corrected chi connectivity index (χ3v) is 6.27. The topological polar surface area (TPSA) is 95.7 Å². The van der Waals surface area contributed by atoms with Crippen LogP contribution in [0.5, 0.6) is 5.75 Å². The molecule has 0 aromatic heterocycles. The number of nitrogens with two attached hydrogens (primary N) is 1. The molecule has 0 amide bonds. The molecule has 0 aliphatic heterocycles. The normalized spacial score (nSPS) is 12.7. The van der Waals surface area contributed by atoms with Crippen molar-refractivity contribution in [3.05, 3.63) is 76.9 Å². The molecule has 0 bridgehead atoms. The van der Waals surface area contributed by atoms with Crippen molar-refractivity contribution in [2.24, 2.45) is 0 Å². The smallest absolute Gasteiger partial charge is 0.437 e. The van der Waals surface area contributed by atoms with Gasteiger partial charge >= 0.3 is 6.16 Å². The maximum absolute atomic E-state index is 13.5. The van der Waals surface area contributed by atoms with Crippen molar-refractivity contribution in [3.8, 4) is 16.9 Å². The van der Waals surface area contributed by atoms with Crippen molar-refractivity contribution in [1.82, 2.24) is 0 Å². The molecule has 0 spiro atoms. The van der Waals surface area contributed by atoms with Crippen LogP contribution in [0.15, 0.2) is 59.5 Å². The molecular formula is C26H23NO5S. The number of ketones is 2. The molecule has 0 atom stereocenters. The largest absolute Gasteiger partial charge is 0.513 e. The van der Waals surface area contributed by atoms with Gasteiger partial charge in [-0.1, -0.05) is 57.2 Å². The molecule has 6 nitrogen and oxygen atoms in total. The maximum atomic E-state index is 13.5. The molecule has 0 radical (unpaired) electrons. The number of carbonyl (C=O) groups excluding carboxylic acids is 3. The van der Waals surface area contributed by atoms with Gasteiger partial charge in [-0.15, -0.1) is 11.8 Å². The minimum atomic E-state index is -0.973. The van der Waals surface area contributed by atoms with Gasteiger partial charge in [0.15, 0.2) is 17.3 Å². The van der Waals surface area contributed by atoms with Gasteiger partial charge < -0.3 is 15.2 Å². The highest BCUT2D eigenvalue weighted by molar-refractivity contribution is 8.00. The van der Waals surface area contributed by atoms with E-state index in [0.717, 1.165) is 4.90 Å². The van der Waals surface area contributed by atoms with E-state index >= 15 is 0 Å². The number of ether oxygens (including phenoxy) is 2. The molecule has 1 aliphatic rings. The lowest BCUT2D eigenvalue weighted by atomic mass is 9.79. The lowest BCUT2D eigenvalue weighted by molar-refractivity contribution is 0.0979. The van der Waals surface area contributed by atoms with Gasteiger partial charge in [-0.05, 0) is 29.3 Å². The average molecular weight is 462 g/mol. The molecule has 168 valence electrons. The molecular weight excluding hydrogens is 438 g/mol. The van der Waals surface area contributed by atoms with Gasteiger partial charge in [-0.25, -0.2) is 4.79 Å². The average Bonchev–Trinajstić information content (AvgIpc) is 2.78. The molecule has 4 rings (SSSR count). The van der Waals surface area contributed by atoms with Crippen LogP contribution in [-0.4, -0.2) is 29.6 Å². The van der Waals surface area contributed by atoms with Crippen LogP contribution in [0.3, 0.4) is 0 Å². The number of benzene rings is 3. The number of nitrogen functional groups attached to an aromatic ring is 1. The Bertz CT molecular complexity index is 1290. The van der Waals surface area contributed by atoms with Crippen molar-refractivity contribution in [2.45, 2.75) is 30.4 Å². The second-order valence-corrected chi connectivity index (χ2v) is 10.5. The quantitative estimate of drug-likeness (QED) is 0.180. The van der Waals surface area contributed by atoms with Crippen LogP contribution in [0.25, 0.3) is 11.1 Å². The molecule has 1 aliphatic carbocycles. The Morgan fingerprint density at radius 1 is 0.879 bits per heavy atom. The number of hydrogen-bond acceptors (Lipinski definition) is 7. The zero-order chi connectivity index (χ0) is 23.9. The first-order chi connectivity index (χ1) is 15.6. The Labute approximate surface area is 196 Å². The summed E-state index contributed by atoms with van der Waals surface area (Å²) in [4.78, 5) is 39.7. The summed E-state index contributed by atoms with van der Waals surface area (Å²) in [7, 11) is 1.17. The highest BCUT2D eigenvalue weighted by atomic mass is 32.2. The molecule has 0 unspecified atom stereocenters. The molecule has 0 fully saturated rings. The Kier molecular flexibility index (Phi) is 5.76. The summed E-state index contributed by atoms with van der Waals surface area (Å²) in [6.45, 7) is 6.38. The van der Waals surface area contributed by atoms with Crippen LogP contribution in [0, 0.1) is 0 Å². The fourth-order valence-electron chi connectivity index (χ4n) is 3.79. The third-order valence-electron chi connectivity index (χ3n) is 5.15. The minimum absolute atomic E-state index is 0.0308. The summed E-state index contributed by atoms with van der Waals surface area (Å²) >= 11 is 1.72. The van der Waals surface area contributed by atoms with Gasteiger partial charge in [-0.3, -0.25) is 9.59 Å². The molecule has 7 heteroatoms. The van der Waals surface area contributed by atoms with E-state index < -0.39 is 11.9 Å². The highest BCUT2D eigenvalue weighted by Gasteiger charge is 2.35. The number of rotatable bonds is 3. The summed E-state index contributed by atoms with van der Waals surface area (Å²) in [5.41, 5.74) is 8.13. The summed E-state index contributed by atoms with van der Waals surface area (Å²) < 4.78 is 9.86. The van der Waals surface area contributed by atoms with Gasteiger partial charge in [-0.2, -0.15) is 0 Å². The molecule has 0 heterocycles. The third kappa shape index (κ3) is 4.24. The first-order valence-electron chi connectivity index (χ1n) is 10.3. The molecule has 0 saturated heterocycles. The lowest BCUT2D eigenvalue weighted by Gasteiger charge is -2.23. The monoisotopic (exact) mass is 461 g/mol. The molecule has 3 aromatic rings. The first kappa shape index (κ1) is 22.6. The van der Waals surface area contributed by atoms with E-state index in [4.69, 9.17) is 10.5 Å². The van der Waals surface area contributed by atoms with Crippen LogP contribution >= 0.6 is 11.8 Å². The number of hydrogen-bond donors (Lipinski definition) is 1. The summed E-state index contributed by atoms with van der Waals surface area (Å²) in [5, 5.41) is 0. The Morgan fingerprint density at radius 3 is 2.00 bits per heavy atom. The van der Waals surface area contributed by atoms with E-state index in [2.05, 4.69) is 25.5 Å². The number of thioether (sulfide) groups is 1. The van der Waals surface area contributed by atoms with Crippen molar-refractivity contribution >= 4 is 35.2 Å². The van der Waals surface area contributed by atoms with Gasteiger partial charge in [0.1, 0.15) is 0 Å². The zero-order valence-electron chi connectivity index (χ0n) is 18.7. The van der Waals surface area contributed by atoms with E-state index in [0.29, 0.717) is 16.7 Å². The number of carbonyl (C=O) groups is 3. The number of fused-ring (bicyclic) bond motifs is 2. The Balaban J connectivity index is 1.93. The molecule has 0 saturated carbocycles. The van der Waals surface area contributed by atoms with Crippen LogP contribution in [0.2, 0.25) is 0 Å². The van der Waals surface area contributed by atoms with Crippen LogP contribution in [0.4, 0.5) is 10.5 Å². The maximum Gasteiger partial charge on any atom is 0.513 e. The van der Waals surface area contributed by atoms with Gasteiger partial charge in [0.25, 0.3) is 0 Å². The van der Waals surface area contributed by atoms with Crippen LogP contribution in [-0.2, 0) is 4.74 Å². The second kappa shape index (κ2) is 8.41. The number of methoxy groups -OCH3 is 1.